The topological polar surface area (TPSA) is 44.1 Å². The van der Waals surface area contributed by atoms with Crippen LogP contribution >= 0.6 is 0 Å². The third-order valence-corrected chi connectivity index (χ3v) is 3.28. The minimum Gasteiger partial charge on any atom is -0.461 e. The maximum atomic E-state index is 12.0. The summed E-state index contributed by atoms with van der Waals surface area (Å²) in [5.74, 6) is 1.43. The van der Waals surface area contributed by atoms with Crippen LogP contribution in [0.3, 0.4) is 0 Å². The number of hydrogen-bond donors (Lipinski definition) is 0. The summed E-state index contributed by atoms with van der Waals surface area (Å²) in [6.45, 7) is 7.37. The second-order valence-corrected chi connectivity index (χ2v) is 4.65. The van der Waals surface area contributed by atoms with Crippen LogP contribution in [0.2, 0.25) is 0 Å². The minimum atomic E-state index is -0.225. The van der Waals surface area contributed by atoms with E-state index in [1.807, 2.05) is 13.8 Å². The van der Waals surface area contributed by atoms with Crippen LogP contribution in [0.1, 0.15) is 49.2 Å². The highest BCUT2D eigenvalue weighted by Crippen LogP contribution is 2.24. The van der Waals surface area contributed by atoms with Crippen molar-refractivity contribution in [2.75, 3.05) is 6.61 Å². The van der Waals surface area contributed by atoms with E-state index in [4.69, 9.17) is 4.74 Å². The summed E-state index contributed by atoms with van der Waals surface area (Å²) in [5, 5.41) is 0. The number of nitrogens with zero attached hydrogens (tertiary/aromatic N) is 2. The summed E-state index contributed by atoms with van der Waals surface area (Å²) >= 11 is 0. The van der Waals surface area contributed by atoms with E-state index in [1.165, 1.54) is 0 Å². The number of carbonyl (C=O) groups is 1. The molecular weight excluding hydrogens is 216 g/mol. The molecule has 1 aliphatic heterocycles. The zero-order valence-electron chi connectivity index (χ0n) is 10.8. The molecule has 1 atom stereocenters. The SMILES string of the molecule is CCOC(=O)c1c(CC)nc2n1C[C@H](C)CC2. The van der Waals surface area contributed by atoms with E-state index in [0.717, 1.165) is 37.3 Å². The van der Waals surface area contributed by atoms with Crippen LogP contribution in [-0.2, 0) is 24.1 Å². The maximum Gasteiger partial charge on any atom is 0.356 e. The average molecular weight is 236 g/mol. The lowest BCUT2D eigenvalue weighted by Crippen LogP contribution is -2.22. The van der Waals surface area contributed by atoms with Crippen LogP contribution in [0.15, 0.2) is 0 Å². The summed E-state index contributed by atoms with van der Waals surface area (Å²) in [7, 11) is 0. The molecule has 2 rings (SSSR count). The number of ether oxygens (including phenoxy) is 1. The van der Waals surface area contributed by atoms with Gasteiger partial charge in [0.15, 0.2) is 5.69 Å². The van der Waals surface area contributed by atoms with Crippen molar-refractivity contribution in [2.24, 2.45) is 5.92 Å². The molecule has 0 saturated heterocycles. The fourth-order valence-corrected chi connectivity index (χ4v) is 2.39. The molecule has 0 unspecified atom stereocenters. The van der Waals surface area contributed by atoms with Gasteiger partial charge in [0.2, 0.25) is 0 Å². The molecule has 94 valence electrons. The molecule has 4 nitrogen and oxygen atoms in total. The summed E-state index contributed by atoms with van der Waals surface area (Å²) in [4.78, 5) is 16.6. The van der Waals surface area contributed by atoms with Gasteiger partial charge in [0.25, 0.3) is 0 Å². The van der Waals surface area contributed by atoms with E-state index in [2.05, 4.69) is 16.5 Å². The molecule has 0 aliphatic carbocycles. The molecule has 0 amide bonds. The van der Waals surface area contributed by atoms with E-state index in [-0.39, 0.29) is 5.97 Å². The number of imidazole rings is 1. The molecule has 0 radical (unpaired) electrons. The zero-order chi connectivity index (χ0) is 12.4. The number of hydrogen-bond acceptors (Lipinski definition) is 3. The van der Waals surface area contributed by atoms with Gasteiger partial charge in [-0.15, -0.1) is 0 Å². The average Bonchev–Trinajstić information content (AvgIpc) is 2.66. The van der Waals surface area contributed by atoms with Crippen LogP contribution in [-0.4, -0.2) is 22.1 Å². The number of aryl methyl sites for hydroxylation is 2. The van der Waals surface area contributed by atoms with Crippen LogP contribution in [0.5, 0.6) is 0 Å². The van der Waals surface area contributed by atoms with Crippen LogP contribution in [0.4, 0.5) is 0 Å². The van der Waals surface area contributed by atoms with E-state index in [0.29, 0.717) is 18.2 Å². The molecule has 0 saturated carbocycles. The van der Waals surface area contributed by atoms with Gasteiger partial charge in [0, 0.05) is 13.0 Å². The van der Waals surface area contributed by atoms with Crippen molar-refractivity contribution in [1.82, 2.24) is 9.55 Å². The van der Waals surface area contributed by atoms with Gasteiger partial charge < -0.3 is 9.30 Å². The Morgan fingerprint density at radius 2 is 2.29 bits per heavy atom. The second kappa shape index (κ2) is 4.90. The first kappa shape index (κ1) is 12.1. The quantitative estimate of drug-likeness (QED) is 0.756. The highest BCUT2D eigenvalue weighted by atomic mass is 16.5. The molecule has 17 heavy (non-hydrogen) atoms. The van der Waals surface area contributed by atoms with E-state index in [9.17, 15) is 4.79 Å². The Labute approximate surface area is 102 Å². The second-order valence-electron chi connectivity index (χ2n) is 4.65. The fraction of sp³-hybridized carbons (Fsp3) is 0.692. The Balaban J connectivity index is 2.41. The third kappa shape index (κ3) is 2.21. The first-order valence-corrected chi connectivity index (χ1v) is 6.42. The van der Waals surface area contributed by atoms with Gasteiger partial charge in [0.1, 0.15) is 5.82 Å². The molecule has 1 aromatic heterocycles. The Hall–Kier alpha value is -1.32. The highest BCUT2D eigenvalue weighted by molar-refractivity contribution is 5.89. The fourth-order valence-electron chi connectivity index (χ4n) is 2.39. The number of carbonyl (C=O) groups excluding carboxylic acids is 1. The molecular formula is C13H20N2O2. The smallest absolute Gasteiger partial charge is 0.356 e. The molecule has 0 bridgehead atoms. The molecule has 0 spiro atoms. The van der Waals surface area contributed by atoms with Gasteiger partial charge in [-0.25, -0.2) is 9.78 Å². The van der Waals surface area contributed by atoms with Crippen LogP contribution in [0, 0.1) is 5.92 Å². The van der Waals surface area contributed by atoms with Gasteiger partial charge in [-0.1, -0.05) is 13.8 Å². The van der Waals surface area contributed by atoms with Crippen molar-refractivity contribution in [2.45, 2.75) is 46.6 Å². The molecule has 0 fully saturated rings. The number of fused-ring (bicyclic) bond motifs is 1. The third-order valence-electron chi connectivity index (χ3n) is 3.28. The maximum absolute atomic E-state index is 12.0. The minimum absolute atomic E-state index is 0.225. The summed E-state index contributed by atoms with van der Waals surface area (Å²) < 4.78 is 7.19. The van der Waals surface area contributed by atoms with E-state index >= 15 is 0 Å². The number of rotatable bonds is 3. The van der Waals surface area contributed by atoms with Gasteiger partial charge in [0.05, 0.1) is 12.3 Å². The van der Waals surface area contributed by atoms with Crippen LogP contribution in [0.25, 0.3) is 0 Å². The molecule has 0 aromatic carbocycles. The van der Waals surface area contributed by atoms with Crippen molar-refractivity contribution in [1.29, 1.82) is 0 Å². The highest BCUT2D eigenvalue weighted by Gasteiger charge is 2.26. The van der Waals surface area contributed by atoms with Crippen molar-refractivity contribution in [3.05, 3.63) is 17.2 Å². The lowest BCUT2D eigenvalue weighted by Gasteiger charge is -2.21. The largest absolute Gasteiger partial charge is 0.461 e. The lowest BCUT2D eigenvalue weighted by atomic mass is 10.0. The van der Waals surface area contributed by atoms with Crippen LogP contribution < -0.4 is 0 Å². The summed E-state index contributed by atoms with van der Waals surface area (Å²) in [6.07, 6.45) is 2.90. The molecule has 1 aromatic rings. The van der Waals surface area contributed by atoms with Crippen molar-refractivity contribution in [3.63, 3.8) is 0 Å². The summed E-state index contributed by atoms with van der Waals surface area (Å²) in [6, 6.07) is 0. The predicted molar refractivity (Wildman–Crippen MR) is 65.0 cm³/mol. The Morgan fingerprint density at radius 1 is 1.53 bits per heavy atom. The molecule has 1 aliphatic rings. The van der Waals surface area contributed by atoms with Gasteiger partial charge >= 0.3 is 5.97 Å². The van der Waals surface area contributed by atoms with Crippen molar-refractivity contribution in [3.8, 4) is 0 Å². The van der Waals surface area contributed by atoms with Crippen molar-refractivity contribution >= 4 is 5.97 Å². The van der Waals surface area contributed by atoms with Crippen molar-refractivity contribution < 1.29 is 9.53 Å². The summed E-state index contributed by atoms with van der Waals surface area (Å²) in [5.41, 5.74) is 1.56. The van der Waals surface area contributed by atoms with Gasteiger partial charge in [-0.3, -0.25) is 0 Å². The van der Waals surface area contributed by atoms with Gasteiger partial charge in [-0.05, 0) is 25.7 Å². The standard InChI is InChI=1S/C13H20N2O2/c1-4-10-12(13(16)17-5-2)15-8-9(3)6-7-11(15)14-10/h9H,4-8H2,1-3H3/t9-/m1/s1. The first-order valence-electron chi connectivity index (χ1n) is 6.42. The van der Waals surface area contributed by atoms with E-state index in [1.54, 1.807) is 0 Å². The number of esters is 1. The molecule has 2 heterocycles. The molecule has 4 heteroatoms. The number of aromatic nitrogens is 2. The Kier molecular flexibility index (Phi) is 3.50. The zero-order valence-corrected chi connectivity index (χ0v) is 10.8. The van der Waals surface area contributed by atoms with E-state index < -0.39 is 0 Å². The predicted octanol–water partition coefficient (Wildman–Crippen LogP) is 2.20. The normalized spacial score (nSPS) is 18.9. The Bertz CT molecular complexity index is 423. The monoisotopic (exact) mass is 236 g/mol. The molecule has 0 N–H and O–H groups in total. The van der Waals surface area contributed by atoms with Gasteiger partial charge in [-0.2, -0.15) is 0 Å². The lowest BCUT2D eigenvalue weighted by molar-refractivity contribution is 0.0510. The Morgan fingerprint density at radius 3 is 2.94 bits per heavy atom. The first-order chi connectivity index (χ1) is 8.17.